The molecule has 0 heterocycles. The number of rotatable bonds is 11. The first kappa shape index (κ1) is 20.3. The predicted octanol–water partition coefficient (Wildman–Crippen LogP) is 2.46. The quantitative estimate of drug-likeness (QED) is 0.363. The third-order valence-electron chi connectivity index (χ3n) is 3.10. The Bertz CT molecular complexity index is 623. The number of nitriles is 1. The van der Waals surface area contributed by atoms with E-state index in [9.17, 15) is 4.79 Å². The van der Waals surface area contributed by atoms with Crippen LogP contribution in [-0.4, -0.2) is 39.4 Å². The number of hydrogen-bond donors (Lipinski definition) is 2. The summed E-state index contributed by atoms with van der Waals surface area (Å²) < 4.78 is 16.0. The second kappa shape index (κ2) is 11.8. The van der Waals surface area contributed by atoms with E-state index in [1.807, 2.05) is 19.9 Å². The van der Waals surface area contributed by atoms with Crippen LogP contribution in [0.15, 0.2) is 30.0 Å². The number of amides is 1. The minimum absolute atomic E-state index is 0.00994. The number of carbonyl (C=O) groups excluding carboxylic acids is 1. The molecule has 0 radical (unpaired) electrons. The van der Waals surface area contributed by atoms with Gasteiger partial charge in [0.1, 0.15) is 11.6 Å². The van der Waals surface area contributed by atoms with Crippen molar-refractivity contribution in [1.29, 1.82) is 5.26 Å². The van der Waals surface area contributed by atoms with Crippen LogP contribution in [0, 0.1) is 11.3 Å². The molecule has 0 fully saturated rings. The molecule has 0 bridgehead atoms. The van der Waals surface area contributed by atoms with E-state index in [0.29, 0.717) is 50.0 Å². The van der Waals surface area contributed by atoms with Gasteiger partial charge in [0, 0.05) is 38.2 Å². The van der Waals surface area contributed by atoms with E-state index in [0.717, 1.165) is 0 Å². The minimum atomic E-state index is -0.429. The van der Waals surface area contributed by atoms with Crippen LogP contribution in [0.25, 0.3) is 0 Å². The Balaban J connectivity index is 2.75. The van der Waals surface area contributed by atoms with E-state index >= 15 is 0 Å². The van der Waals surface area contributed by atoms with Crippen LogP contribution in [0.1, 0.15) is 20.3 Å². The van der Waals surface area contributed by atoms with E-state index in [2.05, 4.69) is 10.6 Å². The fourth-order valence-electron chi connectivity index (χ4n) is 1.96. The third-order valence-corrected chi connectivity index (χ3v) is 3.10. The highest BCUT2D eigenvalue weighted by molar-refractivity contribution is 5.97. The van der Waals surface area contributed by atoms with Crippen LogP contribution in [-0.2, 0) is 9.53 Å². The topological polar surface area (TPSA) is 92.6 Å². The molecule has 1 aromatic carbocycles. The van der Waals surface area contributed by atoms with Crippen LogP contribution >= 0.6 is 0 Å². The predicted molar refractivity (Wildman–Crippen MR) is 95.6 cm³/mol. The molecule has 0 aliphatic rings. The molecule has 0 atom stereocenters. The number of anilines is 1. The van der Waals surface area contributed by atoms with Crippen molar-refractivity contribution in [1.82, 2.24) is 5.32 Å². The second-order valence-corrected chi connectivity index (χ2v) is 4.94. The molecule has 7 nitrogen and oxygen atoms in total. The van der Waals surface area contributed by atoms with Gasteiger partial charge in [0.05, 0.1) is 13.2 Å². The summed E-state index contributed by atoms with van der Waals surface area (Å²) in [5, 5.41) is 14.8. The van der Waals surface area contributed by atoms with Crippen molar-refractivity contribution in [2.75, 3.05) is 38.8 Å². The fourth-order valence-corrected chi connectivity index (χ4v) is 1.96. The summed E-state index contributed by atoms with van der Waals surface area (Å²) in [6.45, 7) is 5.83. The summed E-state index contributed by atoms with van der Waals surface area (Å²) in [6, 6.07) is 7.21. The van der Waals surface area contributed by atoms with Crippen LogP contribution in [0.3, 0.4) is 0 Å². The average molecular weight is 347 g/mol. The molecule has 0 spiro atoms. The van der Waals surface area contributed by atoms with Crippen molar-refractivity contribution >= 4 is 11.6 Å². The largest absolute Gasteiger partial charge is 0.490 e. The van der Waals surface area contributed by atoms with Crippen molar-refractivity contribution in [3.63, 3.8) is 0 Å². The zero-order chi connectivity index (χ0) is 18.5. The first-order chi connectivity index (χ1) is 12.2. The van der Waals surface area contributed by atoms with Gasteiger partial charge in [-0.2, -0.15) is 5.26 Å². The fraction of sp³-hybridized carbons (Fsp3) is 0.444. The molecule has 0 saturated carbocycles. The molecule has 25 heavy (non-hydrogen) atoms. The maximum Gasteiger partial charge on any atom is 0.263 e. The molecule has 0 aliphatic carbocycles. The summed E-state index contributed by atoms with van der Waals surface area (Å²) in [4.78, 5) is 11.9. The highest BCUT2D eigenvalue weighted by atomic mass is 16.5. The van der Waals surface area contributed by atoms with Gasteiger partial charge < -0.3 is 24.8 Å². The lowest BCUT2D eigenvalue weighted by molar-refractivity contribution is -0.117. The van der Waals surface area contributed by atoms with Gasteiger partial charge in [0.2, 0.25) is 0 Å². The van der Waals surface area contributed by atoms with Crippen LogP contribution in [0.4, 0.5) is 5.69 Å². The Morgan fingerprint density at radius 2 is 1.96 bits per heavy atom. The van der Waals surface area contributed by atoms with Gasteiger partial charge in [-0.15, -0.1) is 0 Å². The SMILES string of the molecule is CCOc1ccc(N/C=C(/C#N)C(=O)NCCCOC)cc1OCC. The average Bonchev–Trinajstić information content (AvgIpc) is 2.61. The molecule has 0 saturated heterocycles. The van der Waals surface area contributed by atoms with Gasteiger partial charge in [-0.25, -0.2) is 0 Å². The van der Waals surface area contributed by atoms with Crippen molar-refractivity contribution in [2.45, 2.75) is 20.3 Å². The summed E-state index contributed by atoms with van der Waals surface area (Å²) >= 11 is 0. The van der Waals surface area contributed by atoms with Crippen molar-refractivity contribution in [2.24, 2.45) is 0 Å². The van der Waals surface area contributed by atoms with Crippen molar-refractivity contribution in [3.05, 3.63) is 30.0 Å². The smallest absolute Gasteiger partial charge is 0.263 e. The normalized spacial score (nSPS) is 10.7. The lowest BCUT2D eigenvalue weighted by Crippen LogP contribution is -2.26. The standard InChI is InChI=1S/C18H25N3O4/c1-4-24-16-8-7-15(11-17(16)25-5-2)21-13-14(12-19)18(22)20-9-6-10-23-3/h7-8,11,13,21H,4-6,9-10H2,1-3H3,(H,20,22)/b14-13-. The van der Waals surface area contributed by atoms with Crippen LogP contribution < -0.4 is 20.1 Å². The number of ether oxygens (including phenoxy) is 3. The van der Waals surface area contributed by atoms with Gasteiger partial charge in [0.15, 0.2) is 11.5 Å². The number of nitrogens with zero attached hydrogens (tertiary/aromatic N) is 1. The Morgan fingerprint density at radius 3 is 2.60 bits per heavy atom. The Morgan fingerprint density at radius 1 is 1.24 bits per heavy atom. The summed E-state index contributed by atoms with van der Waals surface area (Å²) in [5.41, 5.74) is 0.677. The van der Waals surface area contributed by atoms with E-state index in [-0.39, 0.29) is 5.57 Å². The van der Waals surface area contributed by atoms with E-state index in [1.165, 1.54) is 6.20 Å². The molecule has 0 unspecified atom stereocenters. The lowest BCUT2D eigenvalue weighted by atomic mass is 10.2. The third kappa shape index (κ3) is 7.14. The molecular formula is C18H25N3O4. The maximum absolute atomic E-state index is 11.9. The number of hydrogen-bond acceptors (Lipinski definition) is 6. The second-order valence-electron chi connectivity index (χ2n) is 4.94. The van der Waals surface area contributed by atoms with Crippen LogP contribution in [0.5, 0.6) is 11.5 Å². The molecule has 2 N–H and O–H groups in total. The van der Waals surface area contributed by atoms with Crippen molar-refractivity contribution in [3.8, 4) is 17.6 Å². The number of benzene rings is 1. The number of carbonyl (C=O) groups is 1. The maximum atomic E-state index is 11.9. The van der Waals surface area contributed by atoms with Crippen LogP contribution in [0.2, 0.25) is 0 Å². The molecule has 136 valence electrons. The van der Waals surface area contributed by atoms with Gasteiger partial charge >= 0.3 is 0 Å². The van der Waals surface area contributed by atoms with Gasteiger partial charge in [-0.1, -0.05) is 0 Å². The molecule has 0 aliphatic heterocycles. The van der Waals surface area contributed by atoms with Crippen molar-refractivity contribution < 1.29 is 19.0 Å². The summed E-state index contributed by atoms with van der Waals surface area (Å²) in [7, 11) is 1.60. The molecule has 0 aromatic heterocycles. The van der Waals surface area contributed by atoms with Gasteiger partial charge in [-0.05, 0) is 32.4 Å². The molecule has 1 aromatic rings. The monoisotopic (exact) mass is 347 g/mol. The minimum Gasteiger partial charge on any atom is -0.490 e. The first-order valence-electron chi connectivity index (χ1n) is 8.19. The van der Waals surface area contributed by atoms with E-state index in [1.54, 1.807) is 25.3 Å². The zero-order valence-electron chi connectivity index (χ0n) is 14.9. The Labute approximate surface area is 148 Å². The number of methoxy groups -OCH3 is 1. The number of nitrogens with one attached hydrogen (secondary N) is 2. The first-order valence-corrected chi connectivity index (χ1v) is 8.19. The summed E-state index contributed by atoms with van der Waals surface area (Å²) in [6.07, 6.45) is 2.06. The molecule has 1 amide bonds. The highest BCUT2D eigenvalue weighted by Crippen LogP contribution is 2.30. The van der Waals surface area contributed by atoms with Gasteiger partial charge in [0.25, 0.3) is 5.91 Å². The lowest BCUT2D eigenvalue weighted by Gasteiger charge is -2.12. The van der Waals surface area contributed by atoms with E-state index in [4.69, 9.17) is 19.5 Å². The molecule has 1 rings (SSSR count). The highest BCUT2D eigenvalue weighted by Gasteiger charge is 2.09. The Hall–Kier alpha value is -2.72. The zero-order valence-corrected chi connectivity index (χ0v) is 14.9. The van der Waals surface area contributed by atoms with Gasteiger partial charge in [-0.3, -0.25) is 4.79 Å². The molecule has 7 heteroatoms. The molecular weight excluding hydrogens is 322 g/mol. The summed E-state index contributed by atoms with van der Waals surface area (Å²) in [5.74, 6) is 0.822. The van der Waals surface area contributed by atoms with E-state index < -0.39 is 5.91 Å². The Kier molecular flexibility index (Phi) is 9.56.